The first-order chi connectivity index (χ1) is 10.9. The van der Waals surface area contributed by atoms with Crippen molar-refractivity contribution in [3.8, 4) is 22.8 Å². The maximum atomic E-state index is 5.34. The third kappa shape index (κ3) is 2.43. The van der Waals surface area contributed by atoms with E-state index in [-0.39, 0.29) is 0 Å². The predicted octanol–water partition coefficient (Wildman–Crippen LogP) is 2.79. The minimum Gasteiger partial charge on any atom is -0.357 e. The van der Waals surface area contributed by atoms with Crippen molar-refractivity contribution in [3.05, 3.63) is 42.9 Å². The summed E-state index contributed by atoms with van der Waals surface area (Å²) in [4.78, 5) is 15.2. The van der Waals surface area contributed by atoms with Crippen molar-refractivity contribution in [2.75, 3.05) is 18.0 Å². The van der Waals surface area contributed by atoms with E-state index in [1.54, 1.807) is 18.6 Å². The molecule has 0 spiro atoms. The van der Waals surface area contributed by atoms with Gasteiger partial charge in [0.05, 0.1) is 5.56 Å². The van der Waals surface area contributed by atoms with E-state index in [4.69, 9.17) is 4.52 Å². The molecule has 0 radical (unpaired) electrons. The second kappa shape index (κ2) is 5.55. The Morgan fingerprint density at radius 3 is 2.77 bits per heavy atom. The highest BCUT2D eigenvalue weighted by Gasteiger charge is 2.16. The smallest absolute Gasteiger partial charge is 0.259 e. The standard InChI is InChI=1S/C16H15N5O/c1-2-9-21(8-1)14-10-12(5-7-18-14)15-19-16(22-20-15)13-4-3-6-17-11-13/h3-7,10-11H,1-2,8-9H2. The van der Waals surface area contributed by atoms with Crippen LogP contribution in [0, 0.1) is 0 Å². The minimum atomic E-state index is 0.475. The topological polar surface area (TPSA) is 67.9 Å². The Hall–Kier alpha value is -2.76. The van der Waals surface area contributed by atoms with Crippen molar-refractivity contribution >= 4 is 5.82 Å². The molecule has 3 aromatic heterocycles. The van der Waals surface area contributed by atoms with Crippen molar-refractivity contribution < 1.29 is 4.52 Å². The van der Waals surface area contributed by atoms with Crippen molar-refractivity contribution in [1.29, 1.82) is 0 Å². The average molecular weight is 293 g/mol. The first-order valence-corrected chi connectivity index (χ1v) is 7.36. The Kier molecular flexibility index (Phi) is 3.27. The third-order valence-corrected chi connectivity index (χ3v) is 3.77. The number of hydrogen-bond donors (Lipinski definition) is 0. The minimum absolute atomic E-state index is 0.475. The SMILES string of the molecule is c1cncc(-c2nc(-c3ccnc(N4CCCC4)c3)no2)c1. The molecule has 4 heterocycles. The molecule has 1 saturated heterocycles. The van der Waals surface area contributed by atoms with Crippen LogP contribution >= 0.6 is 0 Å². The van der Waals surface area contributed by atoms with Crippen LogP contribution in [0.25, 0.3) is 22.8 Å². The van der Waals surface area contributed by atoms with E-state index < -0.39 is 0 Å². The van der Waals surface area contributed by atoms with Crippen molar-refractivity contribution in [2.24, 2.45) is 0 Å². The highest BCUT2D eigenvalue weighted by Crippen LogP contribution is 2.25. The van der Waals surface area contributed by atoms with E-state index in [1.165, 1.54) is 12.8 Å². The third-order valence-electron chi connectivity index (χ3n) is 3.77. The van der Waals surface area contributed by atoms with Crippen LogP contribution in [0.3, 0.4) is 0 Å². The van der Waals surface area contributed by atoms with Crippen LogP contribution in [-0.2, 0) is 0 Å². The average Bonchev–Trinajstić information content (AvgIpc) is 3.28. The van der Waals surface area contributed by atoms with Gasteiger partial charge in [0.1, 0.15) is 5.82 Å². The molecule has 1 aliphatic heterocycles. The number of hydrogen-bond acceptors (Lipinski definition) is 6. The summed E-state index contributed by atoms with van der Waals surface area (Å²) in [6.45, 7) is 2.12. The van der Waals surface area contributed by atoms with Crippen LogP contribution in [0.1, 0.15) is 12.8 Å². The van der Waals surface area contributed by atoms with Gasteiger partial charge in [-0.3, -0.25) is 4.98 Å². The van der Waals surface area contributed by atoms with Gasteiger partial charge in [-0.1, -0.05) is 5.16 Å². The van der Waals surface area contributed by atoms with E-state index in [2.05, 4.69) is 25.0 Å². The Labute approximate surface area is 127 Å². The van der Waals surface area contributed by atoms with Gasteiger partial charge in [-0.05, 0) is 37.1 Å². The molecule has 0 unspecified atom stereocenters. The highest BCUT2D eigenvalue weighted by molar-refractivity contribution is 5.62. The molecule has 3 aromatic rings. The number of rotatable bonds is 3. The Morgan fingerprint density at radius 1 is 1.05 bits per heavy atom. The second-order valence-corrected chi connectivity index (χ2v) is 5.26. The summed E-state index contributed by atoms with van der Waals surface area (Å²) < 4.78 is 5.34. The molecule has 1 aliphatic rings. The lowest BCUT2D eigenvalue weighted by atomic mass is 10.2. The monoisotopic (exact) mass is 293 g/mol. The zero-order valence-electron chi connectivity index (χ0n) is 12.0. The number of nitrogens with zero attached hydrogens (tertiary/aromatic N) is 5. The van der Waals surface area contributed by atoms with Crippen molar-refractivity contribution in [2.45, 2.75) is 12.8 Å². The quantitative estimate of drug-likeness (QED) is 0.739. The first kappa shape index (κ1) is 12.9. The number of pyridine rings is 2. The molecule has 1 fully saturated rings. The second-order valence-electron chi connectivity index (χ2n) is 5.26. The van der Waals surface area contributed by atoms with E-state index in [0.717, 1.165) is 30.0 Å². The van der Waals surface area contributed by atoms with Gasteiger partial charge < -0.3 is 9.42 Å². The van der Waals surface area contributed by atoms with Gasteiger partial charge in [0, 0.05) is 37.2 Å². The van der Waals surface area contributed by atoms with Crippen LogP contribution in [0.5, 0.6) is 0 Å². The fraction of sp³-hybridized carbons (Fsp3) is 0.250. The molecule has 0 amide bonds. The van der Waals surface area contributed by atoms with E-state index in [9.17, 15) is 0 Å². The summed E-state index contributed by atoms with van der Waals surface area (Å²) in [5, 5.41) is 4.07. The van der Waals surface area contributed by atoms with Gasteiger partial charge in [-0.25, -0.2) is 4.98 Å². The Balaban J connectivity index is 1.65. The molecular weight excluding hydrogens is 278 g/mol. The Bertz CT molecular complexity index is 765. The summed E-state index contributed by atoms with van der Waals surface area (Å²) in [5.41, 5.74) is 1.73. The van der Waals surface area contributed by atoms with Gasteiger partial charge in [0.25, 0.3) is 5.89 Å². The largest absolute Gasteiger partial charge is 0.357 e. The lowest BCUT2D eigenvalue weighted by Crippen LogP contribution is -2.18. The maximum absolute atomic E-state index is 5.34. The van der Waals surface area contributed by atoms with Crippen LogP contribution in [0.4, 0.5) is 5.82 Å². The highest BCUT2D eigenvalue weighted by atomic mass is 16.5. The molecule has 110 valence electrons. The fourth-order valence-corrected chi connectivity index (χ4v) is 2.62. The molecule has 0 N–H and O–H groups in total. The molecule has 0 saturated carbocycles. The van der Waals surface area contributed by atoms with Crippen molar-refractivity contribution in [1.82, 2.24) is 20.1 Å². The molecule has 6 nitrogen and oxygen atoms in total. The molecule has 0 aliphatic carbocycles. The van der Waals surface area contributed by atoms with Crippen molar-refractivity contribution in [3.63, 3.8) is 0 Å². The zero-order valence-corrected chi connectivity index (χ0v) is 12.0. The molecule has 6 heteroatoms. The summed E-state index contributed by atoms with van der Waals surface area (Å²) in [6, 6.07) is 7.66. The summed E-state index contributed by atoms with van der Waals surface area (Å²) in [5.74, 6) is 2.02. The maximum Gasteiger partial charge on any atom is 0.259 e. The number of aromatic nitrogens is 4. The van der Waals surface area contributed by atoms with E-state index in [1.807, 2.05) is 24.3 Å². The summed E-state index contributed by atoms with van der Waals surface area (Å²) >= 11 is 0. The summed E-state index contributed by atoms with van der Waals surface area (Å²) in [7, 11) is 0. The molecule has 22 heavy (non-hydrogen) atoms. The lowest BCUT2D eigenvalue weighted by Gasteiger charge is -2.16. The first-order valence-electron chi connectivity index (χ1n) is 7.36. The van der Waals surface area contributed by atoms with Crippen LogP contribution in [0.15, 0.2) is 47.4 Å². The normalized spacial score (nSPS) is 14.5. The summed E-state index contributed by atoms with van der Waals surface area (Å²) in [6.07, 6.45) is 7.66. The van der Waals surface area contributed by atoms with Gasteiger partial charge in [-0.2, -0.15) is 4.98 Å². The van der Waals surface area contributed by atoms with Crippen LogP contribution in [-0.4, -0.2) is 33.2 Å². The van der Waals surface area contributed by atoms with E-state index >= 15 is 0 Å². The van der Waals surface area contributed by atoms with Crippen LogP contribution < -0.4 is 4.90 Å². The zero-order chi connectivity index (χ0) is 14.8. The molecule has 0 aromatic carbocycles. The predicted molar refractivity (Wildman–Crippen MR) is 82.2 cm³/mol. The molecule has 0 bridgehead atoms. The van der Waals surface area contributed by atoms with Gasteiger partial charge in [0.2, 0.25) is 5.82 Å². The van der Waals surface area contributed by atoms with Crippen LogP contribution in [0.2, 0.25) is 0 Å². The van der Waals surface area contributed by atoms with Gasteiger partial charge in [0.15, 0.2) is 0 Å². The lowest BCUT2D eigenvalue weighted by molar-refractivity contribution is 0.432. The number of anilines is 1. The van der Waals surface area contributed by atoms with E-state index in [0.29, 0.717) is 11.7 Å². The fourth-order valence-electron chi connectivity index (χ4n) is 2.62. The Morgan fingerprint density at radius 2 is 1.95 bits per heavy atom. The molecular formula is C16H15N5O. The molecule has 4 rings (SSSR count). The molecule has 0 atom stereocenters. The van der Waals surface area contributed by atoms with Gasteiger partial charge >= 0.3 is 0 Å². The van der Waals surface area contributed by atoms with Gasteiger partial charge in [-0.15, -0.1) is 0 Å².